The number of ether oxygens (including phenoxy) is 1. The van der Waals surface area contributed by atoms with Crippen molar-refractivity contribution in [1.82, 2.24) is 9.80 Å². The van der Waals surface area contributed by atoms with E-state index in [0.29, 0.717) is 25.7 Å². The Kier molecular flexibility index (Phi) is 3.97. The van der Waals surface area contributed by atoms with Crippen molar-refractivity contribution in [3.8, 4) is 6.07 Å². The first-order chi connectivity index (χ1) is 8.24. The van der Waals surface area contributed by atoms with Gasteiger partial charge in [-0.3, -0.25) is 9.69 Å². The Bertz CT molecular complexity index is 322. The van der Waals surface area contributed by atoms with Crippen molar-refractivity contribution in [1.29, 1.82) is 5.26 Å². The predicted molar refractivity (Wildman–Crippen MR) is 62.2 cm³/mol. The fraction of sp³-hybridized carbons (Fsp3) is 0.833. The zero-order valence-corrected chi connectivity index (χ0v) is 10.3. The van der Waals surface area contributed by atoms with Crippen LogP contribution in [0.25, 0.3) is 0 Å². The smallest absolute Gasteiger partial charge is 0.236 e. The van der Waals surface area contributed by atoms with E-state index in [1.54, 1.807) is 0 Å². The van der Waals surface area contributed by atoms with Gasteiger partial charge in [0.15, 0.2) is 6.10 Å². The fourth-order valence-corrected chi connectivity index (χ4v) is 2.23. The average Bonchev–Trinajstić information content (AvgIpc) is 3.15. The Morgan fingerprint density at radius 2 is 2.35 bits per heavy atom. The highest BCUT2D eigenvalue weighted by Gasteiger charge is 2.32. The number of nitrogens with zero attached hydrogens (tertiary/aromatic N) is 3. The number of hydrogen-bond donors (Lipinski definition) is 0. The van der Waals surface area contributed by atoms with E-state index in [1.807, 2.05) is 16.7 Å². The molecule has 1 saturated heterocycles. The first-order valence-corrected chi connectivity index (χ1v) is 6.27. The summed E-state index contributed by atoms with van der Waals surface area (Å²) in [6.07, 6.45) is 1.90. The molecule has 2 fully saturated rings. The van der Waals surface area contributed by atoms with Crippen LogP contribution >= 0.6 is 0 Å². The number of morpholine rings is 1. The molecule has 2 rings (SSSR count). The van der Waals surface area contributed by atoms with Crippen LogP contribution < -0.4 is 0 Å². The third-order valence-electron chi connectivity index (χ3n) is 3.30. The Morgan fingerprint density at radius 1 is 1.59 bits per heavy atom. The molecule has 1 aliphatic carbocycles. The lowest BCUT2D eigenvalue weighted by Crippen LogP contribution is -2.48. The van der Waals surface area contributed by atoms with Gasteiger partial charge in [0.2, 0.25) is 5.91 Å². The first kappa shape index (κ1) is 12.3. The van der Waals surface area contributed by atoms with Crippen molar-refractivity contribution in [2.24, 2.45) is 0 Å². The van der Waals surface area contributed by atoms with Crippen molar-refractivity contribution in [3.63, 3.8) is 0 Å². The van der Waals surface area contributed by atoms with Crippen molar-refractivity contribution in [2.45, 2.75) is 31.9 Å². The Labute approximate surface area is 102 Å². The number of hydrogen-bond acceptors (Lipinski definition) is 4. The van der Waals surface area contributed by atoms with E-state index in [-0.39, 0.29) is 12.0 Å². The molecule has 5 heteroatoms. The van der Waals surface area contributed by atoms with Gasteiger partial charge in [0, 0.05) is 25.7 Å². The summed E-state index contributed by atoms with van der Waals surface area (Å²) in [6.45, 7) is 5.06. The standard InChI is InChI=1S/C12H19N3O2/c1-2-15(10-3-4-10)12(16)9-14-5-6-17-11(7-13)8-14/h10-11H,2-6,8-9H2,1H3. The van der Waals surface area contributed by atoms with E-state index in [0.717, 1.165) is 25.9 Å². The molecule has 0 aromatic rings. The molecule has 0 N–H and O–H groups in total. The fourth-order valence-electron chi connectivity index (χ4n) is 2.23. The summed E-state index contributed by atoms with van der Waals surface area (Å²) in [5, 5.41) is 8.80. The molecule has 1 unspecified atom stereocenters. The quantitative estimate of drug-likeness (QED) is 0.702. The van der Waals surface area contributed by atoms with Gasteiger partial charge in [0.05, 0.1) is 19.2 Å². The maximum absolute atomic E-state index is 12.1. The number of carbonyl (C=O) groups is 1. The molecular formula is C12H19N3O2. The lowest BCUT2D eigenvalue weighted by Gasteiger charge is -2.31. The molecule has 0 aromatic carbocycles. The van der Waals surface area contributed by atoms with Crippen molar-refractivity contribution >= 4 is 5.91 Å². The molecule has 1 amide bonds. The minimum atomic E-state index is -0.382. The summed E-state index contributed by atoms with van der Waals surface area (Å²) in [5.74, 6) is 0.189. The molecule has 1 heterocycles. The number of carbonyl (C=O) groups excluding carboxylic acids is 1. The molecular weight excluding hydrogens is 218 g/mol. The van der Waals surface area contributed by atoms with E-state index in [2.05, 4.69) is 6.07 Å². The van der Waals surface area contributed by atoms with Crippen LogP contribution in [0.1, 0.15) is 19.8 Å². The largest absolute Gasteiger partial charge is 0.361 e. The van der Waals surface area contributed by atoms with Crippen LogP contribution in [-0.4, -0.2) is 60.6 Å². The lowest BCUT2D eigenvalue weighted by atomic mass is 10.3. The molecule has 0 aromatic heterocycles. The van der Waals surface area contributed by atoms with Gasteiger partial charge in [-0.2, -0.15) is 5.26 Å². The minimum Gasteiger partial charge on any atom is -0.361 e. The zero-order valence-electron chi connectivity index (χ0n) is 10.3. The first-order valence-electron chi connectivity index (χ1n) is 6.27. The van der Waals surface area contributed by atoms with Crippen molar-refractivity contribution < 1.29 is 9.53 Å². The molecule has 2 aliphatic rings. The van der Waals surface area contributed by atoms with Gasteiger partial charge >= 0.3 is 0 Å². The summed E-state index contributed by atoms with van der Waals surface area (Å²) in [5.41, 5.74) is 0. The number of rotatable bonds is 4. The van der Waals surface area contributed by atoms with Crippen LogP contribution in [0.15, 0.2) is 0 Å². The summed E-state index contributed by atoms with van der Waals surface area (Å²) in [4.78, 5) is 16.1. The normalized spacial score (nSPS) is 25.3. The molecule has 5 nitrogen and oxygen atoms in total. The second-order valence-corrected chi connectivity index (χ2v) is 4.63. The molecule has 1 atom stereocenters. The molecule has 17 heavy (non-hydrogen) atoms. The van der Waals surface area contributed by atoms with E-state index in [4.69, 9.17) is 10.00 Å². The van der Waals surface area contributed by atoms with Crippen LogP contribution in [0, 0.1) is 11.3 Å². The van der Waals surface area contributed by atoms with Gasteiger partial charge in [0.25, 0.3) is 0 Å². The highest BCUT2D eigenvalue weighted by molar-refractivity contribution is 5.79. The van der Waals surface area contributed by atoms with Crippen molar-refractivity contribution in [3.05, 3.63) is 0 Å². The molecule has 94 valence electrons. The van der Waals surface area contributed by atoms with E-state index < -0.39 is 0 Å². The second-order valence-electron chi connectivity index (χ2n) is 4.63. The molecule has 0 bridgehead atoms. The summed E-state index contributed by atoms with van der Waals surface area (Å²) in [7, 11) is 0. The lowest BCUT2D eigenvalue weighted by molar-refractivity contribution is -0.134. The summed E-state index contributed by atoms with van der Waals surface area (Å²) >= 11 is 0. The third-order valence-corrected chi connectivity index (χ3v) is 3.30. The van der Waals surface area contributed by atoms with Crippen LogP contribution in [0.4, 0.5) is 0 Å². The number of amides is 1. The van der Waals surface area contributed by atoms with Crippen molar-refractivity contribution in [2.75, 3.05) is 32.8 Å². The predicted octanol–water partition coefficient (Wildman–Crippen LogP) is 0.222. The van der Waals surface area contributed by atoms with Crippen LogP contribution in [0.2, 0.25) is 0 Å². The monoisotopic (exact) mass is 237 g/mol. The van der Waals surface area contributed by atoms with E-state index in [1.165, 1.54) is 0 Å². The van der Waals surface area contributed by atoms with Gasteiger partial charge in [-0.15, -0.1) is 0 Å². The minimum absolute atomic E-state index is 0.189. The molecule has 0 spiro atoms. The zero-order chi connectivity index (χ0) is 12.3. The molecule has 1 saturated carbocycles. The maximum Gasteiger partial charge on any atom is 0.236 e. The Balaban J connectivity index is 1.83. The highest BCUT2D eigenvalue weighted by atomic mass is 16.5. The topological polar surface area (TPSA) is 56.6 Å². The van der Waals surface area contributed by atoms with E-state index >= 15 is 0 Å². The number of likely N-dealkylation sites (N-methyl/N-ethyl adjacent to an activating group) is 1. The SMILES string of the molecule is CCN(C(=O)CN1CCOC(C#N)C1)C1CC1. The maximum atomic E-state index is 12.1. The van der Waals surface area contributed by atoms with Gasteiger partial charge in [0.1, 0.15) is 0 Å². The molecule has 0 radical (unpaired) electrons. The van der Waals surface area contributed by atoms with Gasteiger partial charge < -0.3 is 9.64 Å². The highest BCUT2D eigenvalue weighted by Crippen LogP contribution is 2.26. The van der Waals surface area contributed by atoms with Gasteiger partial charge in [-0.1, -0.05) is 0 Å². The van der Waals surface area contributed by atoms with Crippen LogP contribution in [0.3, 0.4) is 0 Å². The Morgan fingerprint density at radius 3 is 2.94 bits per heavy atom. The van der Waals surface area contributed by atoms with Gasteiger partial charge in [-0.25, -0.2) is 0 Å². The number of nitriles is 1. The summed E-state index contributed by atoms with van der Waals surface area (Å²) < 4.78 is 5.26. The molecule has 1 aliphatic heterocycles. The van der Waals surface area contributed by atoms with Crippen LogP contribution in [0.5, 0.6) is 0 Å². The van der Waals surface area contributed by atoms with Crippen LogP contribution in [-0.2, 0) is 9.53 Å². The summed E-state index contributed by atoms with van der Waals surface area (Å²) in [6, 6.07) is 2.57. The van der Waals surface area contributed by atoms with E-state index in [9.17, 15) is 4.79 Å². The second kappa shape index (κ2) is 5.48. The van der Waals surface area contributed by atoms with Gasteiger partial charge in [-0.05, 0) is 19.8 Å². The third kappa shape index (κ3) is 3.18. The Hall–Kier alpha value is -1.12. The average molecular weight is 237 g/mol.